The number of H-pyrrole nitrogens is 1. The summed E-state index contributed by atoms with van der Waals surface area (Å²) in [6.45, 7) is 2.09. The normalized spacial score (nSPS) is 12.0. The lowest BCUT2D eigenvalue weighted by atomic mass is 10.0. The Bertz CT molecular complexity index is 1430. The van der Waals surface area contributed by atoms with Crippen molar-refractivity contribution in [2.45, 2.75) is 77.4 Å². The largest absolute Gasteiger partial charge is 0.493 e. The molecule has 1 unspecified atom stereocenters. The van der Waals surface area contributed by atoms with Gasteiger partial charge >= 0.3 is 5.69 Å². The van der Waals surface area contributed by atoms with Crippen LogP contribution in [0.4, 0.5) is 0 Å². The van der Waals surface area contributed by atoms with E-state index in [2.05, 4.69) is 9.97 Å². The lowest BCUT2D eigenvalue weighted by Gasteiger charge is -2.25. The Labute approximate surface area is 246 Å². The number of aliphatic hydroxyl groups is 1. The maximum absolute atomic E-state index is 12.3. The summed E-state index contributed by atoms with van der Waals surface area (Å²) in [7, 11) is 8.05. The first-order valence-electron chi connectivity index (χ1n) is 14.5. The first-order valence-corrected chi connectivity index (χ1v) is 14.5. The number of carbonyl (C=O) groups is 1. The standard InChI is InChI=1S/C30H45N5O7/c1-20(36)35(18-21-16-23(40-4)27(42-6)24(17-21)41-5)19-22(37)14-12-10-8-7-9-11-13-15-25-31-28-26(33(25)2)29(38)32-30(39)34(28)3/h16-17,22,37H,7-15,18-19H2,1-6H3,(H,32,38,39). The molecule has 1 aromatic carbocycles. The number of ether oxygens (including phenoxy) is 3. The number of nitrogens with zero attached hydrogens (tertiary/aromatic N) is 4. The third-order valence-corrected chi connectivity index (χ3v) is 7.64. The lowest BCUT2D eigenvalue weighted by Crippen LogP contribution is -2.35. The molecule has 0 aliphatic rings. The molecule has 0 aliphatic heterocycles. The van der Waals surface area contributed by atoms with Crippen LogP contribution in [0.1, 0.15) is 69.7 Å². The molecular formula is C30H45N5O7. The summed E-state index contributed by atoms with van der Waals surface area (Å²) >= 11 is 0. The number of rotatable bonds is 17. The van der Waals surface area contributed by atoms with Crippen molar-refractivity contribution in [3.05, 3.63) is 44.4 Å². The van der Waals surface area contributed by atoms with Gasteiger partial charge in [-0.15, -0.1) is 0 Å². The number of carbonyl (C=O) groups excluding carboxylic acids is 1. The monoisotopic (exact) mass is 587 g/mol. The number of aryl methyl sites for hydroxylation is 3. The number of aliphatic hydroxyl groups excluding tert-OH is 1. The number of imidazole rings is 1. The number of unbranched alkanes of at least 4 members (excludes halogenated alkanes) is 6. The predicted octanol–water partition coefficient (Wildman–Crippen LogP) is 3.06. The fourth-order valence-corrected chi connectivity index (χ4v) is 5.22. The summed E-state index contributed by atoms with van der Waals surface area (Å²) in [6, 6.07) is 3.62. The summed E-state index contributed by atoms with van der Waals surface area (Å²) in [5.41, 5.74) is 0.781. The number of hydrogen-bond donors (Lipinski definition) is 2. The molecule has 1 amide bonds. The Kier molecular flexibility index (Phi) is 12.0. The van der Waals surface area contributed by atoms with Gasteiger partial charge in [-0.05, 0) is 30.5 Å². The van der Waals surface area contributed by atoms with Crippen LogP contribution in [0, 0.1) is 0 Å². The molecule has 2 heterocycles. The quantitative estimate of drug-likeness (QED) is 0.230. The minimum Gasteiger partial charge on any atom is -0.493 e. The Morgan fingerprint density at radius 2 is 1.55 bits per heavy atom. The topological polar surface area (TPSA) is 141 Å². The molecular weight excluding hydrogens is 542 g/mol. The van der Waals surface area contributed by atoms with Gasteiger partial charge in [0, 0.05) is 40.5 Å². The zero-order valence-corrected chi connectivity index (χ0v) is 25.7. The van der Waals surface area contributed by atoms with Gasteiger partial charge in [0.2, 0.25) is 11.7 Å². The maximum Gasteiger partial charge on any atom is 0.329 e. The number of aromatic nitrogens is 4. The summed E-state index contributed by atoms with van der Waals surface area (Å²) in [5, 5.41) is 10.6. The SMILES string of the molecule is COc1cc(CN(CC(O)CCCCCCCCCc2nc3c(c(=O)[nH]c(=O)n3C)n2C)C(C)=O)cc(OC)c1OC. The highest BCUT2D eigenvalue weighted by atomic mass is 16.5. The van der Waals surface area contributed by atoms with Crippen LogP contribution in [0.25, 0.3) is 11.2 Å². The smallest absolute Gasteiger partial charge is 0.329 e. The van der Waals surface area contributed by atoms with E-state index in [1.807, 2.05) is 19.2 Å². The number of benzene rings is 1. The van der Waals surface area contributed by atoms with E-state index in [4.69, 9.17) is 14.2 Å². The van der Waals surface area contributed by atoms with E-state index < -0.39 is 17.4 Å². The Morgan fingerprint density at radius 3 is 2.12 bits per heavy atom. The molecule has 0 saturated heterocycles. The van der Waals surface area contributed by atoms with Crippen LogP contribution >= 0.6 is 0 Å². The van der Waals surface area contributed by atoms with Gasteiger partial charge in [-0.1, -0.05) is 38.5 Å². The number of methoxy groups -OCH3 is 3. The van der Waals surface area contributed by atoms with Crippen LogP contribution in [-0.2, 0) is 31.9 Å². The van der Waals surface area contributed by atoms with Crippen molar-refractivity contribution in [3.8, 4) is 17.2 Å². The van der Waals surface area contributed by atoms with Crippen LogP contribution in [0.3, 0.4) is 0 Å². The van der Waals surface area contributed by atoms with Crippen LogP contribution < -0.4 is 25.5 Å². The minimum absolute atomic E-state index is 0.114. The third kappa shape index (κ3) is 8.15. The van der Waals surface area contributed by atoms with E-state index in [1.54, 1.807) is 37.8 Å². The van der Waals surface area contributed by atoms with Crippen molar-refractivity contribution in [1.82, 2.24) is 24.0 Å². The Balaban J connectivity index is 1.36. The predicted molar refractivity (Wildman–Crippen MR) is 160 cm³/mol. The number of amides is 1. The van der Waals surface area contributed by atoms with Gasteiger partial charge in [0.05, 0.1) is 27.4 Å². The van der Waals surface area contributed by atoms with Crippen LogP contribution in [0.2, 0.25) is 0 Å². The molecule has 3 rings (SSSR count). The van der Waals surface area contributed by atoms with Gasteiger partial charge in [0.25, 0.3) is 5.56 Å². The highest BCUT2D eigenvalue weighted by molar-refractivity contribution is 5.73. The number of nitrogens with one attached hydrogen (secondary N) is 1. The molecule has 1 atom stereocenters. The first kappa shape index (κ1) is 32.7. The first-order chi connectivity index (χ1) is 20.1. The van der Waals surface area contributed by atoms with Crippen molar-refractivity contribution in [2.24, 2.45) is 14.1 Å². The molecule has 0 fully saturated rings. The van der Waals surface area contributed by atoms with E-state index in [9.17, 15) is 19.5 Å². The second-order valence-corrected chi connectivity index (χ2v) is 10.7. The minimum atomic E-state index is -0.601. The summed E-state index contributed by atoms with van der Waals surface area (Å²) in [4.78, 5) is 44.8. The second kappa shape index (κ2) is 15.4. The van der Waals surface area contributed by atoms with Gasteiger partial charge in [0.1, 0.15) is 5.82 Å². The number of fused-ring (bicyclic) bond motifs is 1. The molecule has 0 spiro atoms. The molecule has 0 aliphatic carbocycles. The van der Waals surface area contributed by atoms with E-state index in [0.29, 0.717) is 41.4 Å². The number of aromatic amines is 1. The van der Waals surface area contributed by atoms with Gasteiger partial charge in [-0.25, -0.2) is 9.78 Å². The molecule has 0 bridgehead atoms. The molecule has 12 heteroatoms. The van der Waals surface area contributed by atoms with E-state index in [1.165, 1.54) is 11.5 Å². The fraction of sp³-hybridized carbons (Fsp3) is 0.600. The van der Waals surface area contributed by atoms with Crippen molar-refractivity contribution in [3.63, 3.8) is 0 Å². The molecule has 0 radical (unpaired) electrons. The van der Waals surface area contributed by atoms with Gasteiger partial charge < -0.3 is 28.8 Å². The fourth-order valence-electron chi connectivity index (χ4n) is 5.22. The maximum atomic E-state index is 12.3. The average Bonchev–Trinajstić information content (AvgIpc) is 3.30. The third-order valence-electron chi connectivity index (χ3n) is 7.64. The zero-order chi connectivity index (χ0) is 30.8. The van der Waals surface area contributed by atoms with Gasteiger partial charge in [0.15, 0.2) is 22.7 Å². The van der Waals surface area contributed by atoms with Gasteiger partial charge in [-0.2, -0.15) is 0 Å². The molecule has 42 heavy (non-hydrogen) atoms. The van der Waals surface area contributed by atoms with Gasteiger partial charge in [-0.3, -0.25) is 19.1 Å². The Hall–Kier alpha value is -3.80. The van der Waals surface area contributed by atoms with Crippen LogP contribution in [0.5, 0.6) is 17.2 Å². The molecule has 0 saturated carbocycles. The van der Waals surface area contributed by atoms with Crippen molar-refractivity contribution >= 4 is 17.1 Å². The van der Waals surface area contributed by atoms with E-state index in [0.717, 1.165) is 62.8 Å². The van der Waals surface area contributed by atoms with Crippen LogP contribution in [0.15, 0.2) is 21.7 Å². The molecule has 3 aromatic rings. The van der Waals surface area contributed by atoms with Crippen LogP contribution in [-0.4, -0.2) is 69.0 Å². The molecule has 2 N–H and O–H groups in total. The highest BCUT2D eigenvalue weighted by Crippen LogP contribution is 2.38. The van der Waals surface area contributed by atoms with Crippen molar-refractivity contribution in [2.75, 3.05) is 27.9 Å². The van der Waals surface area contributed by atoms with E-state index >= 15 is 0 Å². The number of hydrogen-bond acceptors (Lipinski definition) is 8. The lowest BCUT2D eigenvalue weighted by molar-refractivity contribution is -0.131. The summed E-state index contributed by atoms with van der Waals surface area (Å²) in [5.74, 6) is 2.22. The second-order valence-electron chi connectivity index (χ2n) is 10.7. The molecule has 2 aromatic heterocycles. The van der Waals surface area contributed by atoms with E-state index in [-0.39, 0.29) is 12.5 Å². The summed E-state index contributed by atoms with van der Waals surface area (Å²) < 4.78 is 19.3. The van der Waals surface area contributed by atoms with Crippen molar-refractivity contribution in [1.29, 1.82) is 0 Å². The average molecular weight is 588 g/mol. The van der Waals surface area contributed by atoms with Crippen molar-refractivity contribution < 1.29 is 24.1 Å². The molecule has 12 nitrogen and oxygen atoms in total. The summed E-state index contributed by atoms with van der Waals surface area (Å²) in [6.07, 6.45) is 7.97. The zero-order valence-electron chi connectivity index (χ0n) is 25.7. The highest BCUT2D eigenvalue weighted by Gasteiger charge is 2.19. The molecule has 232 valence electrons. The Morgan fingerprint density at radius 1 is 0.952 bits per heavy atom.